The van der Waals surface area contributed by atoms with Crippen LogP contribution in [-0.2, 0) is 16.2 Å². The van der Waals surface area contributed by atoms with Crippen LogP contribution in [0.25, 0.3) is 0 Å². The van der Waals surface area contributed by atoms with Crippen molar-refractivity contribution in [1.82, 2.24) is 0 Å². The summed E-state index contributed by atoms with van der Waals surface area (Å²) in [6.45, 7) is 8.74. The molecule has 0 fully saturated rings. The topological polar surface area (TPSA) is 69.9 Å². The number of aromatic hydroxyl groups is 3. The Morgan fingerprint density at radius 3 is 1.62 bits per heavy atom. The third-order valence-electron chi connectivity index (χ3n) is 6.41. The molecule has 0 radical (unpaired) electrons. The summed E-state index contributed by atoms with van der Waals surface area (Å²) in [4.78, 5) is 0. The Labute approximate surface area is 154 Å². The van der Waals surface area contributed by atoms with Crippen molar-refractivity contribution in [3.8, 4) is 23.0 Å². The van der Waals surface area contributed by atoms with Gasteiger partial charge >= 0.3 is 0 Å². The Kier molecular flexibility index (Phi) is 3.20. The van der Waals surface area contributed by atoms with Gasteiger partial charge in [-0.15, -0.1) is 0 Å². The van der Waals surface area contributed by atoms with Crippen LogP contribution in [0, 0.1) is 0 Å². The van der Waals surface area contributed by atoms with Crippen LogP contribution in [0.15, 0.2) is 24.3 Å². The van der Waals surface area contributed by atoms with Gasteiger partial charge in [-0.25, -0.2) is 0 Å². The van der Waals surface area contributed by atoms with Gasteiger partial charge in [-0.1, -0.05) is 27.7 Å². The van der Waals surface area contributed by atoms with E-state index in [2.05, 4.69) is 27.7 Å². The van der Waals surface area contributed by atoms with Crippen LogP contribution >= 0.6 is 0 Å². The van der Waals surface area contributed by atoms with Gasteiger partial charge in [-0.2, -0.15) is 0 Å². The number of ether oxygens (including phenoxy) is 1. The molecule has 0 saturated carbocycles. The molecule has 0 heterocycles. The molecule has 2 aliphatic rings. The van der Waals surface area contributed by atoms with Gasteiger partial charge in [0, 0.05) is 5.41 Å². The third-order valence-corrected chi connectivity index (χ3v) is 6.41. The second-order valence-electron chi connectivity index (χ2n) is 9.16. The molecule has 3 N–H and O–H groups in total. The molecule has 0 saturated heterocycles. The normalized spacial score (nSPS) is 24.5. The van der Waals surface area contributed by atoms with Crippen molar-refractivity contribution >= 4 is 0 Å². The average Bonchev–Trinajstić information content (AvgIpc) is 2.87. The van der Waals surface area contributed by atoms with Gasteiger partial charge in [0.15, 0.2) is 23.0 Å². The van der Waals surface area contributed by atoms with Crippen molar-refractivity contribution in [2.24, 2.45) is 0 Å². The molecule has 0 aliphatic heterocycles. The lowest BCUT2D eigenvalue weighted by atomic mass is 9.72. The highest BCUT2D eigenvalue weighted by atomic mass is 16.5. The van der Waals surface area contributed by atoms with E-state index >= 15 is 0 Å². The number of phenols is 3. The maximum Gasteiger partial charge on any atom is 0.160 e. The molecular formula is C22H26O4. The summed E-state index contributed by atoms with van der Waals surface area (Å²) in [5.74, 6) is 0.463. The van der Waals surface area contributed by atoms with Gasteiger partial charge in [0.05, 0.1) is 7.11 Å². The first-order chi connectivity index (χ1) is 12.0. The fourth-order valence-corrected chi connectivity index (χ4v) is 5.51. The Bertz CT molecular complexity index is 922. The molecule has 138 valence electrons. The number of rotatable bonds is 1. The van der Waals surface area contributed by atoms with Crippen molar-refractivity contribution in [1.29, 1.82) is 0 Å². The molecule has 1 atom stereocenters. The molecule has 2 aliphatic carbocycles. The molecule has 0 aromatic heterocycles. The third kappa shape index (κ3) is 2.01. The van der Waals surface area contributed by atoms with Crippen molar-refractivity contribution in [2.45, 2.75) is 56.8 Å². The summed E-state index contributed by atoms with van der Waals surface area (Å²) in [6, 6.07) is 7.22. The van der Waals surface area contributed by atoms with E-state index in [4.69, 9.17) is 4.74 Å². The molecule has 2 aromatic carbocycles. The molecule has 4 rings (SSSR count). The van der Waals surface area contributed by atoms with Crippen molar-refractivity contribution in [3.05, 3.63) is 46.5 Å². The number of methoxy groups -OCH3 is 1. The number of benzene rings is 2. The van der Waals surface area contributed by atoms with Gasteiger partial charge < -0.3 is 20.1 Å². The summed E-state index contributed by atoms with van der Waals surface area (Å²) in [7, 11) is 1.56. The lowest BCUT2D eigenvalue weighted by Crippen LogP contribution is -2.26. The van der Waals surface area contributed by atoms with Crippen molar-refractivity contribution < 1.29 is 20.1 Å². The minimum atomic E-state index is -0.274. The molecule has 4 heteroatoms. The summed E-state index contributed by atoms with van der Waals surface area (Å²) in [5.41, 5.74) is 3.87. The minimum Gasteiger partial charge on any atom is -0.504 e. The van der Waals surface area contributed by atoms with E-state index in [-0.39, 0.29) is 33.5 Å². The van der Waals surface area contributed by atoms with E-state index in [9.17, 15) is 15.3 Å². The number of hydrogen-bond donors (Lipinski definition) is 3. The standard InChI is InChI=1S/C22H26O4/c1-20(2)10-22(14-8-17(24)16(23)6-12(14)20)11-21(3,4)13-7-18(25)19(26-5)9-15(13)22/h6-9,23-25H,10-11H2,1-5H3. The van der Waals surface area contributed by atoms with Crippen LogP contribution < -0.4 is 4.74 Å². The highest BCUT2D eigenvalue weighted by molar-refractivity contribution is 5.65. The second kappa shape index (κ2) is 4.87. The molecular weight excluding hydrogens is 328 g/mol. The zero-order valence-corrected chi connectivity index (χ0v) is 16.0. The summed E-state index contributed by atoms with van der Waals surface area (Å²) in [5, 5.41) is 30.6. The second-order valence-corrected chi connectivity index (χ2v) is 9.16. The minimum absolute atomic E-state index is 0.0744. The average molecular weight is 354 g/mol. The molecule has 1 unspecified atom stereocenters. The predicted molar refractivity (Wildman–Crippen MR) is 100 cm³/mol. The smallest absolute Gasteiger partial charge is 0.160 e. The van der Waals surface area contributed by atoms with E-state index in [1.54, 1.807) is 19.2 Å². The Morgan fingerprint density at radius 2 is 1.12 bits per heavy atom. The quantitative estimate of drug-likeness (QED) is 0.661. The Morgan fingerprint density at radius 1 is 0.692 bits per heavy atom. The van der Waals surface area contributed by atoms with Gasteiger partial charge in [-0.3, -0.25) is 0 Å². The lowest BCUT2D eigenvalue weighted by Gasteiger charge is -2.30. The van der Waals surface area contributed by atoms with Crippen LogP contribution in [0.5, 0.6) is 23.0 Å². The Hall–Kier alpha value is -2.36. The number of fused-ring (bicyclic) bond motifs is 4. The van der Waals surface area contributed by atoms with Crippen molar-refractivity contribution in [3.63, 3.8) is 0 Å². The Balaban J connectivity index is 2.06. The van der Waals surface area contributed by atoms with Crippen LogP contribution in [0.2, 0.25) is 0 Å². The van der Waals surface area contributed by atoms with Crippen LogP contribution in [-0.4, -0.2) is 22.4 Å². The van der Waals surface area contributed by atoms with Crippen LogP contribution in [0.1, 0.15) is 62.8 Å². The largest absolute Gasteiger partial charge is 0.504 e. The molecule has 0 bridgehead atoms. The first-order valence-corrected chi connectivity index (χ1v) is 9.01. The SMILES string of the molecule is COc1cc2c(cc1O)C(C)(C)CC21CC(C)(C)c2cc(O)c(O)cc21. The van der Waals surface area contributed by atoms with Crippen LogP contribution in [0.4, 0.5) is 0 Å². The molecule has 26 heavy (non-hydrogen) atoms. The van der Waals surface area contributed by atoms with Crippen molar-refractivity contribution in [2.75, 3.05) is 7.11 Å². The molecule has 2 aromatic rings. The first-order valence-electron chi connectivity index (χ1n) is 9.01. The number of phenolic OH excluding ortho intramolecular Hbond substituents is 3. The van der Waals surface area contributed by atoms with E-state index < -0.39 is 0 Å². The number of hydrogen-bond acceptors (Lipinski definition) is 4. The lowest BCUT2D eigenvalue weighted by molar-refractivity contribution is 0.348. The van der Waals surface area contributed by atoms with Gasteiger partial charge in [0.25, 0.3) is 0 Å². The van der Waals surface area contributed by atoms with E-state index in [1.165, 1.54) is 0 Å². The fraction of sp³-hybridized carbons (Fsp3) is 0.455. The zero-order valence-electron chi connectivity index (χ0n) is 16.0. The summed E-state index contributed by atoms with van der Waals surface area (Å²) >= 11 is 0. The van der Waals surface area contributed by atoms with Gasteiger partial charge in [0.2, 0.25) is 0 Å². The highest BCUT2D eigenvalue weighted by Gasteiger charge is 2.56. The monoisotopic (exact) mass is 354 g/mol. The van der Waals surface area contributed by atoms with E-state index in [0.717, 1.165) is 35.1 Å². The predicted octanol–water partition coefficient (Wildman–Crippen LogP) is 4.46. The molecule has 1 spiro atoms. The maximum atomic E-state index is 10.3. The van der Waals surface area contributed by atoms with E-state index in [0.29, 0.717) is 5.75 Å². The van der Waals surface area contributed by atoms with E-state index in [1.807, 2.05) is 12.1 Å². The highest BCUT2D eigenvalue weighted by Crippen LogP contribution is 2.64. The first kappa shape index (κ1) is 17.1. The van der Waals surface area contributed by atoms with Gasteiger partial charge in [0.1, 0.15) is 0 Å². The fourth-order valence-electron chi connectivity index (χ4n) is 5.51. The molecule has 0 amide bonds. The van der Waals surface area contributed by atoms with Crippen LogP contribution in [0.3, 0.4) is 0 Å². The summed E-state index contributed by atoms with van der Waals surface area (Å²) in [6.07, 6.45) is 1.76. The molecule has 4 nitrogen and oxygen atoms in total. The maximum absolute atomic E-state index is 10.3. The van der Waals surface area contributed by atoms with Gasteiger partial charge in [-0.05, 0) is 70.2 Å². The zero-order chi connectivity index (χ0) is 19.1. The summed E-state index contributed by atoms with van der Waals surface area (Å²) < 4.78 is 5.38.